The van der Waals surface area contributed by atoms with E-state index >= 15 is 0 Å². The van der Waals surface area contributed by atoms with Crippen molar-refractivity contribution in [3.8, 4) is 12.3 Å². The summed E-state index contributed by atoms with van der Waals surface area (Å²) in [5.41, 5.74) is 3.99. The molecule has 11 heavy (non-hydrogen) atoms. The zero-order valence-corrected chi connectivity index (χ0v) is 6.89. The van der Waals surface area contributed by atoms with Crippen LogP contribution in [-0.4, -0.2) is 11.7 Å². The molecule has 2 N–H and O–H groups in total. The number of terminal acetylenes is 1. The van der Waals surface area contributed by atoms with Crippen molar-refractivity contribution in [1.82, 2.24) is 0 Å². The topological polar surface area (TPSA) is 52.3 Å². The monoisotopic (exact) mass is 155 g/mol. The fourth-order valence-electron chi connectivity index (χ4n) is 0.852. The van der Waals surface area contributed by atoms with Crippen molar-refractivity contribution in [2.24, 2.45) is 5.73 Å². The molecule has 0 spiro atoms. The van der Waals surface area contributed by atoms with Gasteiger partial charge in [0, 0.05) is 0 Å². The molecule has 0 saturated carbocycles. The minimum atomic E-state index is -0.833. The number of hydrogen-bond donors (Lipinski definition) is 1. The molecule has 3 nitrogen and oxygen atoms in total. The minimum Gasteiger partial charge on any atom is -0.430 e. The van der Waals surface area contributed by atoms with E-state index in [2.05, 4.69) is 5.92 Å². The molecule has 0 radical (unpaired) electrons. The molecule has 0 aromatic rings. The molecule has 0 aliphatic heterocycles. The lowest BCUT2D eigenvalue weighted by Crippen LogP contribution is -2.32. The van der Waals surface area contributed by atoms with E-state index < -0.39 is 11.7 Å². The number of amides is 1. The standard InChI is InChI=1S/C8H13NO2/c1-4-6-8(3,5-2)11-7(9)10/h2H,4,6H2,1,3H3,(H2,9,10). The maximum Gasteiger partial charge on any atom is 0.406 e. The number of carbonyl (C=O) groups excluding carboxylic acids is 1. The van der Waals surface area contributed by atoms with Crippen LogP contribution >= 0.6 is 0 Å². The zero-order chi connectivity index (χ0) is 8.91. The molecule has 3 heteroatoms. The molecule has 0 aromatic heterocycles. The Morgan fingerprint density at radius 1 is 1.82 bits per heavy atom. The highest BCUT2D eigenvalue weighted by Crippen LogP contribution is 2.15. The second-order valence-corrected chi connectivity index (χ2v) is 2.55. The van der Waals surface area contributed by atoms with E-state index in [0.717, 1.165) is 6.42 Å². The Hall–Kier alpha value is -1.17. The van der Waals surface area contributed by atoms with Gasteiger partial charge in [0.1, 0.15) is 0 Å². The molecular weight excluding hydrogens is 142 g/mol. The van der Waals surface area contributed by atoms with Crippen molar-refractivity contribution in [2.75, 3.05) is 0 Å². The second kappa shape index (κ2) is 3.87. The van der Waals surface area contributed by atoms with Crippen LogP contribution in [0, 0.1) is 12.3 Å². The second-order valence-electron chi connectivity index (χ2n) is 2.55. The minimum absolute atomic E-state index is 0.631. The lowest BCUT2D eigenvalue weighted by Gasteiger charge is -2.21. The molecule has 0 aromatic carbocycles. The summed E-state index contributed by atoms with van der Waals surface area (Å²) in [6.45, 7) is 3.63. The van der Waals surface area contributed by atoms with Gasteiger partial charge in [-0.3, -0.25) is 0 Å². The molecule has 0 saturated heterocycles. The number of ether oxygens (including phenoxy) is 1. The predicted molar refractivity (Wildman–Crippen MR) is 42.8 cm³/mol. The number of rotatable bonds is 3. The summed E-state index contributed by atoms with van der Waals surface area (Å²) in [4.78, 5) is 10.4. The van der Waals surface area contributed by atoms with Gasteiger partial charge in [0.05, 0.1) is 0 Å². The first kappa shape index (κ1) is 9.83. The Morgan fingerprint density at radius 3 is 2.64 bits per heavy atom. The van der Waals surface area contributed by atoms with Crippen LogP contribution in [0.15, 0.2) is 0 Å². The van der Waals surface area contributed by atoms with Crippen LogP contribution in [0.3, 0.4) is 0 Å². The van der Waals surface area contributed by atoms with Gasteiger partial charge in [0.25, 0.3) is 0 Å². The van der Waals surface area contributed by atoms with E-state index in [0.29, 0.717) is 6.42 Å². The van der Waals surface area contributed by atoms with Gasteiger partial charge in [0.15, 0.2) is 5.60 Å². The Balaban J connectivity index is 4.13. The van der Waals surface area contributed by atoms with Crippen LogP contribution in [0.5, 0.6) is 0 Å². The van der Waals surface area contributed by atoms with Crippen LogP contribution < -0.4 is 5.73 Å². The first-order chi connectivity index (χ1) is 5.04. The molecule has 0 bridgehead atoms. The van der Waals surface area contributed by atoms with Crippen LogP contribution in [0.1, 0.15) is 26.7 Å². The summed E-state index contributed by atoms with van der Waals surface area (Å²) >= 11 is 0. The maximum atomic E-state index is 10.4. The molecule has 1 amide bonds. The molecule has 0 aliphatic rings. The molecule has 0 aliphatic carbocycles. The van der Waals surface area contributed by atoms with E-state index in [9.17, 15) is 4.79 Å². The molecular formula is C8H13NO2. The van der Waals surface area contributed by atoms with E-state index in [1.54, 1.807) is 6.92 Å². The maximum absolute atomic E-state index is 10.4. The first-order valence-corrected chi connectivity index (χ1v) is 3.50. The third kappa shape index (κ3) is 3.51. The molecule has 1 unspecified atom stereocenters. The van der Waals surface area contributed by atoms with Crippen molar-refractivity contribution < 1.29 is 9.53 Å². The lowest BCUT2D eigenvalue weighted by molar-refractivity contribution is 0.0674. The molecule has 0 heterocycles. The molecule has 0 fully saturated rings. The summed E-state index contributed by atoms with van der Waals surface area (Å²) in [6, 6.07) is 0. The Labute approximate surface area is 66.9 Å². The van der Waals surface area contributed by atoms with Gasteiger partial charge in [-0.2, -0.15) is 0 Å². The van der Waals surface area contributed by atoms with Crippen molar-refractivity contribution in [3.05, 3.63) is 0 Å². The van der Waals surface area contributed by atoms with Gasteiger partial charge in [-0.15, -0.1) is 6.42 Å². The van der Waals surface area contributed by atoms with Crippen molar-refractivity contribution >= 4 is 6.09 Å². The average Bonchev–Trinajstić information content (AvgIpc) is 1.87. The quantitative estimate of drug-likeness (QED) is 0.624. The summed E-state index contributed by atoms with van der Waals surface area (Å²) in [5, 5.41) is 0. The predicted octanol–water partition coefficient (Wildman–Crippen LogP) is 1.27. The Kier molecular flexibility index (Phi) is 3.46. The van der Waals surface area contributed by atoms with Gasteiger partial charge < -0.3 is 10.5 Å². The molecule has 1 atom stereocenters. The van der Waals surface area contributed by atoms with Crippen LogP contribution in [0.4, 0.5) is 4.79 Å². The SMILES string of the molecule is C#CC(C)(CCC)OC(N)=O. The number of carbonyl (C=O) groups is 1. The van der Waals surface area contributed by atoms with Crippen LogP contribution in [0.2, 0.25) is 0 Å². The van der Waals surface area contributed by atoms with Crippen molar-refractivity contribution in [3.63, 3.8) is 0 Å². The van der Waals surface area contributed by atoms with Gasteiger partial charge in [-0.25, -0.2) is 4.79 Å². The number of nitrogens with two attached hydrogens (primary N) is 1. The highest BCUT2D eigenvalue weighted by atomic mass is 16.6. The van der Waals surface area contributed by atoms with Gasteiger partial charge in [-0.05, 0) is 13.3 Å². The van der Waals surface area contributed by atoms with Gasteiger partial charge in [-0.1, -0.05) is 19.3 Å². The fraction of sp³-hybridized carbons (Fsp3) is 0.625. The number of primary amides is 1. The van der Waals surface area contributed by atoms with E-state index in [1.165, 1.54) is 0 Å². The van der Waals surface area contributed by atoms with E-state index in [4.69, 9.17) is 16.9 Å². The van der Waals surface area contributed by atoms with Crippen LogP contribution in [-0.2, 0) is 4.74 Å². The third-order valence-corrected chi connectivity index (χ3v) is 1.36. The highest BCUT2D eigenvalue weighted by Gasteiger charge is 2.23. The molecule has 62 valence electrons. The lowest BCUT2D eigenvalue weighted by atomic mass is 10.0. The van der Waals surface area contributed by atoms with Crippen LogP contribution in [0.25, 0.3) is 0 Å². The van der Waals surface area contributed by atoms with E-state index in [-0.39, 0.29) is 0 Å². The highest BCUT2D eigenvalue weighted by molar-refractivity contribution is 5.65. The fourth-order valence-corrected chi connectivity index (χ4v) is 0.852. The summed E-state index contributed by atoms with van der Waals surface area (Å²) in [7, 11) is 0. The van der Waals surface area contributed by atoms with Gasteiger partial charge in [0.2, 0.25) is 0 Å². The summed E-state index contributed by atoms with van der Waals surface area (Å²) in [6.07, 6.45) is 5.82. The Bertz CT molecular complexity index is 183. The first-order valence-electron chi connectivity index (χ1n) is 3.50. The average molecular weight is 155 g/mol. The molecule has 0 rings (SSSR count). The van der Waals surface area contributed by atoms with E-state index in [1.807, 2.05) is 6.92 Å². The van der Waals surface area contributed by atoms with Crippen molar-refractivity contribution in [2.45, 2.75) is 32.3 Å². The smallest absolute Gasteiger partial charge is 0.406 e. The summed E-state index contributed by atoms with van der Waals surface area (Å²) in [5.74, 6) is 2.39. The normalized spacial score (nSPS) is 14.6. The van der Waals surface area contributed by atoms with Gasteiger partial charge >= 0.3 is 6.09 Å². The Morgan fingerprint density at radius 2 is 2.36 bits per heavy atom. The summed E-state index contributed by atoms with van der Waals surface area (Å²) < 4.78 is 4.73. The zero-order valence-electron chi connectivity index (χ0n) is 6.89. The third-order valence-electron chi connectivity index (χ3n) is 1.36. The van der Waals surface area contributed by atoms with Crippen molar-refractivity contribution in [1.29, 1.82) is 0 Å². The largest absolute Gasteiger partial charge is 0.430 e. The number of hydrogen-bond acceptors (Lipinski definition) is 2.